The van der Waals surface area contributed by atoms with Gasteiger partial charge in [-0.1, -0.05) is 30.7 Å². The molecule has 1 saturated heterocycles. The maximum Gasteiger partial charge on any atom is 0.307 e. The second-order valence-corrected chi connectivity index (χ2v) is 6.27. The van der Waals surface area contributed by atoms with E-state index in [9.17, 15) is 9.90 Å². The average Bonchev–Trinajstić information content (AvgIpc) is 2.87. The topological polar surface area (TPSA) is 49.3 Å². The maximum atomic E-state index is 11.5. The van der Waals surface area contributed by atoms with Crippen molar-refractivity contribution in [2.75, 3.05) is 13.1 Å². The van der Waals surface area contributed by atoms with Gasteiger partial charge in [0.15, 0.2) is 0 Å². The molecule has 2 aliphatic rings. The molecule has 21 heavy (non-hydrogen) atoms. The van der Waals surface area contributed by atoms with Gasteiger partial charge in [0, 0.05) is 0 Å². The molecule has 2 N–H and O–H groups in total. The van der Waals surface area contributed by atoms with Gasteiger partial charge in [-0.15, -0.1) is 12.4 Å². The molecule has 3 rings (SSSR count). The van der Waals surface area contributed by atoms with E-state index < -0.39 is 5.97 Å². The smallest absolute Gasteiger partial charge is 0.307 e. The SMILES string of the molecule is Cl.O=C(O)[C@@H](Cc1cccc(C2CCC2)c1)[C@H]1CCNC1. The third kappa shape index (κ3) is 3.78. The van der Waals surface area contributed by atoms with E-state index in [0.29, 0.717) is 12.3 Å². The third-order valence-electron chi connectivity index (χ3n) is 4.97. The molecule has 1 aliphatic heterocycles. The van der Waals surface area contributed by atoms with Crippen molar-refractivity contribution in [1.82, 2.24) is 5.32 Å². The quantitative estimate of drug-likeness (QED) is 0.878. The summed E-state index contributed by atoms with van der Waals surface area (Å²) in [7, 11) is 0. The third-order valence-corrected chi connectivity index (χ3v) is 4.97. The highest BCUT2D eigenvalue weighted by Crippen LogP contribution is 2.36. The van der Waals surface area contributed by atoms with E-state index >= 15 is 0 Å². The highest BCUT2D eigenvalue weighted by Gasteiger charge is 2.30. The van der Waals surface area contributed by atoms with Crippen molar-refractivity contribution in [1.29, 1.82) is 0 Å². The van der Waals surface area contributed by atoms with Gasteiger partial charge in [0.2, 0.25) is 0 Å². The Hall–Kier alpha value is -1.06. The van der Waals surface area contributed by atoms with Crippen molar-refractivity contribution in [2.45, 2.75) is 38.0 Å². The number of hydrogen-bond donors (Lipinski definition) is 2. The number of halogens is 1. The van der Waals surface area contributed by atoms with E-state index in [-0.39, 0.29) is 24.2 Å². The minimum Gasteiger partial charge on any atom is -0.481 e. The predicted octanol–water partition coefficient (Wildman–Crippen LogP) is 3.23. The Morgan fingerprint density at radius 1 is 1.33 bits per heavy atom. The lowest BCUT2D eigenvalue weighted by Crippen LogP contribution is -2.27. The number of carboxylic acid groups (broad SMARTS) is 1. The fourth-order valence-electron chi connectivity index (χ4n) is 3.45. The Kier molecular flexibility index (Phi) is 5.65. The molecule has 1 aliphatic carbocycles. The monoisotopic (exact) mass is 309 g/mol. The molecule has 3 nitrogen and oxygen atoms in total. The highest BCUT2D eigenvalue weighted by molar-refractivity contribution is 5.85. The molecule has 4 heteroatoms. The molecular weight excluding hydrogens is 286 g/mol. The number of benzene rings is 1. The maximum absolute atomic E-state index is 11.5. The van der Waals surface area contributed by atoms with Crippen molar-refractivity contribution in [3.05, 3.63) is 35.4 Å². The van der Waals surface area contributed by atoms with Gasteiger partial charge in [0.05, 0.1) is 5.92 Å². The van der Waals surface area contributed by atoms with Crippen LogP contribution in [-0.4, -0.2) is 24.2 Å². The Balaban J connectivity index is 0.00000161. The van der Waals surface area contributed by atoms with Crippen molar-refractivity contribution in [3.63, 3.8) is 0 Å². The van der Waals surface area contributed by atoms with Crippen LogP contribution in [0.15, 0.2) is 24.3 Å². The van der Waals surface area contributed by atoms with Crippen molar-refractivity contribution < 1.29 is 9.90 Å². The largest absolute Gasteiger partial charge is 0.481 e. The second-order valence-electron chi connectivity index (χ2n) is 6.27. The predicted molar refractivity (Wildman–Crippen MR) is 86.1 cm³/mol. The van der Waals surface area contributed by atoms with E-state index in [0.717, 1.165) is 19.5 Å². The summed E-state index contributed by atoms with van der Waals surface area (Å²) in [5, 5.41) is 12.8. The number of aliphatic carboxylic acids is 1. The number of nitrogens with one attached hydrogen (secondary N) is 1. The molecule has 1 aromatic carbocycles. The lowest BCUT2D eigenvalue weighted by Gasteiger charge is -2.26. The van der Waals surface area contributed by atoms with Gasteiger partial charge < -0.3 is 10.4 Å². The highest BCUT2D eigenvalue weighted by atomic mass is 35.5. The minimum absolute atomic E-state index is 0. The molecule has 1 saturated carbocycles. The van der Waals surface area contributed by atoms with Gasteiger partial charge in [-0.25, -0.2) is 0 Å². The summed E-state index contributed by atoms with van der Waals surface area (Å²) in [5.41, 5.74) is 2.59. The first kappa shape index (κ1) is 16.3. The van der Waals surface area contributed by atoms with E-state index in [1.807, 2.05) is 0 Å². The first-order chi connectivity index (χ1) is 9.74. The van der Waals surface area contributed by atoms with Crippen molar-refractivity contribution in [3.8, 4) is 0 Å². The number of carbonyl (C=O) groups is 1. The van der Waals surface area contributed by atoms with Crippen LogP contribution in [0.25, 0.3) is 0 Å². The molecule has 1 aromatic rings. The fraction of sp³-hybridized carbons (Fsp3) is 0.588. The summed E-state index contributed by atoms with van der Waals surface area (Å²) < 4.78 is 0. The van der Waals surface area contributed by atoms with Crippen LogP contribution in [-0.2, 0) is 11.2 Å². The standard InChI is InChI=1S/C17H23NO2.ClH/c19-17(20)16(15-7-8-18-11-15)10-12-3-1-6-14(9-12)13-4-2-5-13;/h1,3,6,9,13,15-16,18H,2,4-5,7-8,10-11H2,(H,19,20);1H/t15-,16-;/m0./s1. The van der Waals surface area contributed by atoms with Crippen LogP contribution >= 0.6 is 12.4 Å². The lowest BCUT2D eigenvalue weighted by atomic mass is 9.79. The molecule has 1 heterocycles. The molecule has 2 atom stereocenters. The second kappa shape index (κ2) is 7.28. The molecule has 0 bridgehead atoms. The van der Waals surface area contributed by atoms with Crippen LogP contribution in [0.4, 0.5) is 0 Å². The van der Waals surface area contributed by atoms with Gasteiger partial charge in [-0.2, -0.15) is 0 Å². The van der Waals surface area contributed by atoms with E-state index in [1.165, 1.54) is 30.4 Å². The molecule has 0 amide bonds. The molecule has 0 spiro atoms. The van der Waals surface area contributed by atoms with Crippen LogP contribution in [0.5, 0.6) is 0 Å². The van der Waals surface area contributed by atoms with Gasteiger partial charge in [-0.3, -0.25) is 4.79 Å². The Morgan fingerprint density at radius 3 is 2.71 bits per heavy atom. The van der Waals surface area contributed by atoms with Gasteiger partial charge >= 0.3 is 5.97 Å². The van der Waals surface area contributed by atoms with Crippen molar-refractivity contribution >= 4 is 18.4 Å². The zero-order chi connectivity index (χ0) is 13.9. The Labute approximate surface area is 132 Å². The summed E-state index contributed by atoms with van der Waals surface area (Å²) in [6.45, 7) is 1.80. The molecular formula is C17H24ClNO2. The number of rotatable bonds is 5. The van der Waals surface area contributed by atoms with Crippen LogP contribution in [0.1, 0.15) is 42.7 Å². The molecule has 116 valence electrons. The van der Waals surface area contributed by atoms with Gasteiger partial charge in [0.25, 0.3) is 0 Å². The summed E-state index contributed by atoms with van der Waals surface area (Å²) in [4.78, 5) is 11.5. The molecule has 2 fully saturated rings. The zero-order valence-electron chi connectivity index (χ0n) is 12.3. The number of hydrogen-bond acceptors (Lipinski definition) is 2. The first-order valence-electron chi connectivity index (χ1n) is 7.76. The minimum atomic E-state index is -0.646. The van der Waals surface area contributed by atoms with Crippen LogP contribution < -0.4 is 5.32 Å². The summed E-state index contributed by atoms with van der Waals surface area (Å²) in [5.74, 6) is 0.0978. The average molecular weight is 310 g/mol. The summed E-state index contributed by atoms with van der Waals surface area (Å²) in [6, 6.07) is 8.61. The molecule has 0 aromatic heterocycles. The van der Waals surface area contributed by atoms with Gasteiger partial charge in [-0.05, 0) is 61.7 Å². The summed E-state index contributed by atoms with van der Waals surface area (Å²) >= 11 is 0. The molecule has 0 unspecified atom stereocenters. The van der Waals surface area contributed by atoms with Crippen LogP contribution in [0.2, 0.25) is 0 Å². The van der Waals surface area contributed by atoms with Gasteiger partial charge in [0.1, 0.15) is 0 Å². The van der Waals surface area contributed by atoms with E-state index in [1.54, 1.807) is 0 Å². The Bertz CT molecular complexity index is 481. The van der Waals surface area contributed by atoms with Crippen molar-refractivity contribution in [2.24, 2.45) is 11.8 Å². The van der Waals surface area contributed by atoms with Crippen LogP contribution in [0.3, 0.4) is 0 Å². The first-order valence-corrected chi connectivity index (χ1v) is 7.76. The zero-order valence-corrected chi connectivity index (χ0v) is 13.1. The lowest BCUT2D eigenvalue weighted by molar-refractivity contribution is -0.143. The Morgan fingerprint density at radius 2 is 2.14 bits per heavy atom. The molecule has 0 radical (unpaired) electrons. The fourth-order valence-corrected chi connectivity index (χ4v) is 3.45. The normalized spacial score (nSPS) is 23.1. The van der Waals surface area contributed by atoms with Crippen LogP contribution in [0, 0.1) is 11.8 Å². The van der Waals surface area contributed by atoms with E-state index in [2.05, 4.69) is 29.6 Å². The summed E-state index contributed by atoms with van der Waals surface area (Å²) in [6.07, 6.45) is 5.57. The number of carboxylic acids is 1. The van der Waals surface area contributed by atoms with E-state index in [4.69, 9.17) is 0 Å².